The molecule has 0 spiro atoms. The molecule has 2 aliphatic rings. The fourth-order valence-corrected chi connectivity index (χ4v) is 5.66. The van der Waals surface area contributed by atoms with Crippen molar-refractivity contribution >= 4 is 46.8 Å². The van der Waals surface area contributed by atoms with Crippen LogP contribution in [0.3, 0.4) is 0 Å². The normalized spacial score (nSPS) is 18.9. The molecule has 2 aromatic rings. The molecule has 40 heavy (non-hydrogen) atoms. The molecule has 0 bridgehead atoms. The number of fused-ring (bicyclic) bond motifs is 1. The summed E-state index contributed by atoms with van der Waals surface area (Å²) >= 11 is 12.4. The van der Waals surface area contributed by atoms with Crippen LogP contribution in [0.1, 0.15) is 50.2 Å². The molecule has 9 heteroatoms. The molecule has 1 heterocycles. The summed E-state index contributed by atoms with van der Waals surface area (Å²) in [5.74, 6) is -1.73. The maximum atomic E-state index is 13.9. The molecule has 212 valence electrons. The first-order valence-corrected chi connectivity index (χ1v) is 14.6. The molecule has 4 rings (SSSR count). The number of rotatable bonds is 12. The van der Waals surface area contributed by atoms with E-state index >= 15 is 0 Å². The summed E-state index contributed by atoms with van der Waals surface area (Å²) in [4.78, 5) is 56.1. The number of carbonyl (C=O) groups is 4. The summed E-state index contributed by atoms with van der Waals surface area (Å²) in [5, 5.41) is 3.73. The van der Waals surface area contributed by atoms with Gasteiger partial charge in [0, 0.05) is 32.5 Å². The summed E-state index contributed by atoms with van der Waals surface area (Å²) < 4.78 is 0. The van der Waals surface area contributed by atoms with Crippen LogP contribution in [0, 0.1) is 11.8 Å². The Morgan fingerprint density at radius 3 is 2.27 bits per heavy atom. The lowest BCUT2D eigenvalue weighted by Crippen LogP contribution is -2.51. The predicted molar refractivity (Wildman–Crippen MR) is 156 cm³/mol. The summed E-state index contributed by atoms with van der Waals surface area (Å²) in [7, 11) is 0. The molecule has 0 saturated carbocycles. The number of carbonyl (C=O) groups excluding carboxylic acids is 4. The van der Waals surface area contributed by atoms with Crippen molar-refractivity contribution in [2.75, 3.05) is 13.1 Å². The molecule has 1 fully saturated rings. The topological polar surface area (TPSA) is 86.8 Å². The molecule has 2 aromatic carbocycles. The lowest BCUT2D eigenvalue weighted by molar-refractivity contribution is -0.144. The highest BCUT2D eigenvalue weighted by molar-refractivity contribution is 6.42. The summed E-state index contributed by atoms with van der Waals surface area (Å²) in [6.07, 6.45) is 6.92. The van der Waals surface area contributed by atoms with Crippen molar-refractivity contribution in [2.45, 2.75) is 58.0 Å². The maximum absolute atomic E-state index is 13.9. The zero-order valence-electron chi connectivity index (χ0n) is 22.7. The molecule has 1 saturated heterocycles. The minimum Gasteiger partial charge on any atom is -0.354 e. The van der Waals surface area contributed by atoms with Crippen molar-refractivity contribution in [2.24, 2.45) is 11.8 Å². The van der Waals surface area contributed by atoms with E-state index in [0.717, 1.165) is 18.4 Å². The quantitative estimate of drug-likeness (QED) is 0.211. The molecule has 1 aliphatic carbocycles. The second-order valence-corrected chi connectivity index (χ2v) is 11.2. The summed E-state index contributed by atoms with van der Waals surface area (Å²) in [6.45, 7) is 2.65. The van der Waals surface area contributed by atoms with Crippen LogP contribution in [0.2, 0.25) is 10.0 Å². The number of hydrogen-bond donors (Lipinski definition) is 1. The van der Waals surface area contributed by atoms with Crippen LogP contribution in [-0.2, 0) is 32.1 Å². The van der Waals surface area contributed by atoms with Crippen molar-refractivity contribution in [3.8, 4) is 0 Å². The SMILES string of the molecule is CCCCNC(=O)[C@H](Cc1ccccc1)N(Cc1ccc(Cl)c(Cl)c1)C(=O)CCN1C(=O)[C@H]2CC=CC[C@H]2C1=O. The number of nitrogens with one attached hydrogen (secondary N) is 1. The van der Waals surface area contributed by atoms with Gasteiger partial charge in [-0.1, -0.05) is 85.1 Å². The minimum absolute atomic E-state index is 0.0170. The van der Waals surface area contributed by atoms with Gasteiger partial charge in [0.05, 0.1) is 21.9 Å². The molecule has 0 aromatic heterocycles. The van der Waals surface area contributed by atoms with Gasteiger partial charge in [0.25, 0.3) is 0 Å². The Morgan fingerprint density at radius 1 is 0.975 bits per heavy atom. The van der Waals surface area contributed by atoms with Crippen molar-refractivity contribution in [1.82, 2.24) is 15.1 Å². The van der Waals surface area contributed by atoms with E-state index in [0.29, 0.717) is 41.4 Å². The fraction of sp³-hybridized carbons (Fsp3) is 0.419. The molecule has 7 nitrogen and oxygen atoms in total. The van der Waals surface area contributed by atoms with Gasteiger partial charge in [-0.15, -0.1) is 0 Å². The average Bonchev–Trinajstić information content (AvgIpc) is 3.20. The van der Waals surface area contributed by atoms with Crippen molar-refractivity contribution in [3.05, 3.63) is 81.9 Å². The van der Waals surface area contributed by atoms with Crippen LogP contribution < -0.4 is 5.32 Å². The number of benzene rings is 2. The van der Waals surface area contributed by atoms with Crippen LogP contribution in [0.15, 0.2) is 60.7 Å². The number of likely N-dealkylation sites (tertiary alicyclic amines) is 1. The van der Waals surface area contributed by atoms with Crippen LogP contribution in [-0.4, -0.2) is 52.6 Å². The van der Waals surface area contributed by atoms with E-state index in [1.807, 2.05) is 49.4 Å². The average molecular weight is 585 g/mol. The molecule has 0 radical (unpaired) electrons. The Kier molecular flexibility index (Phi) is 10.4. The zero-order chi connectivity index (χ0) is 28.6. The van der Waals surface area contributed by atoms with E-state index in [4.69, 9.17) is 23.2 Å². The predicted octanol–water partition coefficient (Wildman–Crippen LogP) is 5.19. The number of nitrogens with zero attached hydrogens (tertiary/aromatic N) is 2. The second-order valence-electron chi connectivity index (χ2n) is 10.4. The zero-order valence-corrected chi connectivity index (χ0v) is 24.2. The first kappa shape index (κ1) is 29.8. The highest BCUT2D eigenvalue weighted by atomic mass is 35.5. The first-order valence-electron chi connectivity index (χ1n) is 13.8. The standard InChI is InChI=1S/C31H35Cl2N3O4/c1-2-3-16-34-29(38)27(19-21-9-5-4-6-10-21)36(20-22-13-14-25(32)26(33)18-22)28(37)15-17-35-30(39)23-11-7-8-12-24(23)31(35)40/h4-10,13-14,18,23-24,27H,2-3,11-12,15-17,19-20H2,1H3,(H,34,38)/t23-,24+,27-/m0/s1. The Morgan fingerprint density at radius 2 is 1.65 bits per heavy atom. The second kappa shape index (κ2) is 14.0. The maximum Gasteiger partial charge on any atom is 0.243 e. The van der Waals surface area contributed by atoms with E-state index in [2.05, 4.69) is 5.32 Å². The van der Waals surface area contributed by atoms with Crippen molar-refractivity contribution in [1.29, 1.82) is 0 Å². The summed E-state index contributed by atoms with van der Waals surface area (Å²) in [6, 6.07) is 13.8. The van der Waals surface area contributed by atoms with E-state index in [1.54, 1.807) is 18.2 Å². The molecule has 3 atom stereocenters. The molecular weight excluding hydrogens is 549 g/mol. The van der Waals surface area contributed by atoms with E-state index in [-0.39, 0.29) is 55.0 Å². The number of allylic oxidation sites excluding steroid dienone is 2. The van der Waals surface area contributed by atoms with Crippen LogP contribution in [0.5, 0.6) is 0 Å². The van der Waals surface area contributed by atoms with Gasteiger partial charge in [-0.25, -0.2) is 0 Å². The smallest absolute Gasteiger partial charge is 0.243 e. The van der Waals surface area contributed by atoms with E-state index < -0.39 is 6.04 Å². The monoisotopic (exact) mass is 583 g/mol. The lowest BCUT2D eigenvalue weighted by atomic mass is 9.85. The van der Waals surface area contributed by atoms with Crippen LogP contribution in [0.4, 0.5) is 0 Å². The van der Waals surface area contributed by atoms with Crippen molar-refractivity contribution < 1.29 is 19.2 Å². The Labute approximate surface area is 245 Å². The molecular formula is C31H35Cl2N3O4. The molecule has 0 unspecified atom stereocenters. The Hall–Kier alpha value is -3.16. The Balaban J connectivity index is 1.59. The van der Waals surface area contributed by atoms with Gasteiger partial charge in [0.15, 0.2) is 0 Å². The highest BCUT2D eigenvalue weighted by Gasteiger charge is 2.47. The molecule has 1 aliphatic heterocycles. The first-order chi connectivity index (χ1) is 19.3. The highest BCUT2D eigenvalue weighted by Crippen LogP contribution is 2.35. The van der Waals surface area contributed by atoms with Gasteiger partial charge in [0.2, 0.25) is 23.6 Å². The van der Waals surface area contributed by atoms with Gasteiger partial charge in [-0.05, 0) is 42.5 Å². The minimum atomic E-state index is -0.807. The number of hydrogen-bond acceptors (Lipinski definition) is 4. The lowest BCUT2D eigenvalue weighted by Gasteiger charge is -2.32. The largest absolute Gasteiger partial charge is 0.354 e. The fourth-order valence-electron chi connectivity index (χ4n) is 5.34. The molecule has 4 amide bonds. The number of imide groups is 1. The summed E-state index contributed by atoms with van der Waals surface area (Å²) in [5.41, 5.74) is 1.62. The van der Waals surface area contributed by atoms with Gasteiger partial charge in [-0.3, -0.25) is 24.1 Å². The number of halogens is 2. The number of unbranched alkanes of at least 4 members (excludes halogenated alkanes) is 1. The van der Waals surface area contributed by atoms with E-state index in [9.17, 15) is 19.2 Å². The Bertz CT molecular complexity index is 1240. The third-order valence-electron chi connectivity index (χ3n) is 7.59. The van der Waals surface area contributed by atoms with Gasteiger partial charge >= 0.3 is 0 Å². The molecule has 1 N–H and O–H groups in total. The third kappa shape index (κ3) is 7.12. The van der Waals surface area contributed by atoms with Crippen LogP contribution >= 0.6 is 23.2 Å². The number of amides is 4. The van der Waals surface area contributed by atoms with Crippen LogP contribution in [0.25, 0.3) is 0 Å². The van der Waals surface area contributed by atoms with Gasteiger partial charge in [0.1, 0.15) is 6.04 Å². The van der Waals surface area contributed by atoms with E-state index in [1.165, 1.54) is 9.80 Å². The third-order valence-corrected chi connectivity index (χ3v) is 8.32. The van der Waals surface area contributed by atoms with Crippen molar-refractivity contribution in [3.63, 3.8) is 0 Å². The van der Waals surface area contributed by atoms with Gasteiger partial charge in [-0.2, -0.15) is 0 Å². The van der Waals surface area contributed by atoms with Gasteiger partial charge < -0.3 is 10.2 Å².